The molecule has 12 heteroatoms. The zero-order chi connectivity index (χ0) is 23.8. The van der Waals surface area contributed by atoms with Gasteiger partial charge in [-0.1, -0.05) is 11.8 Å². The normalized spacial score (nSPS) is 16.1. The Morgan fingerprint density at radius 2 is 1.79 bits per heavy atom. The highest BCUT2D eigenvalue weighted by atomic mass is 32.2. The van der Waals surface area contributed by atoms with Crippen LogP contribution in [0.15, 0.2) is 34.3 Å². The molecule has 1 aliphatic rings. The minimum Gasteiger partial charge on any atom is -0.379 e. The molecule has 1 amide bonds. The molecule has 3 aromatic rings. The summed E-state index contributed by atoms with van der Waals surface area (Å²) in [5, 5.41) is 7.28. The molecule has 10 nitrogen and oxygen atoms in total. The second-order valence-corrected chi connectivity index (χ2v) is 11.0. The Morgan fingerprint density at radius 1 is 1.12 bits per heavy atom. The highest BCUT2D eigenvalue weighted by molar-refractivity contribution is 8.00. The number of fused-ring (bicyclic) bond motifs is 1. The molecule has 1 aliphatic heterocycles. The van der Waals surface area contributed by atoms with Gasteiger partial charge in [0.15, 0.2) is 0 Å². The Bertz CT molecular complexity index is 1280. The van der Waals surface area contributed by atoms with Gasteiger partial charge in [-0.25, -0.2) is 17.9 Å². The number of carbonyl (C=O) groups excluding carboxylic acids is 1. The maximum absolute atomic E-state index is 12.7. The van der Waals surface area contributed by atoms with Crippen LogP contribution in [0.25, 0.3) is 5.78 Å². The predicted molar refractivity (Wildman–Crippen MR) is 125 cm³/mol. The molecule has 1 atom stereocenters. The largest absolute Gasteiger partial charge is 0.379 e. The van der Waals surface area contributed by atoms with Crippen LogP contribution >= 0.6 is 11.8 Å². The quantitative estimate of drug-likeness (QED) is 0.523. The van der Waals surface area contributed by atoms with Gasteiger partial charge in [0.2, 0.25) is 21.1 Å². The first-order chi connectivity index (χ1) is 15.7. The van der Waals surface area contributed by atoms with Crippen molar-refractivity contribution < 1.29 is 17.9 Å². The van der Waals surface area contributed by atoms with Crippen LogP contribution in [0.5, 0.6) is 0 Å². The van der Waals surface area contributed by atoms with Crippen molar-refractivity contribution in [2.75, 3.05) is 31.6 Å². The molecule has 1 saturated heterocycles. The number of morpholine rings is 1. The lowest BCUT2D eigenvalue weighted by atomic mass is 10.2. The van der Waals surface area contributed by atoms with Gasteiger partial charge in [-0.15, -0.1) is 5.10 Å². The summed E-state index contributed by atoms with van der Waals surface area (Å²) in [6.45, 7) is 9.08. The number of carbonyl (C=O) groups is 1. The van der Waals surface area contributed by atoms with E-state index < -0.39 is 15.3 Å². The van der Waals surface area contributed by atoms with Crippen molar-refractivity contribution >= 4 is 39.2 Å². The van der Waals surface area contributed by atoms with Crippen LogP contribution in [0.1, 0.15) is 23.9 Å². The molecule has 0 saturated carbocycles. The van der Waals surface area contributed by atoms with E-state index in [-0.39, 0.29) is 10.8 Å². The van der Waals surface area contributed by atoms with Crippen molar-refractivity contribution in [1.82, 2.24) is 23.9 Å². The average Bonchev–Trinajstić information content (AvgIpc) is 3.20. The fourth-order valence-electron chi connectivity index (χ4n) is 3.39. The highest BCUT2D eigenvalue weighted by Crippen LogP contribution is 2.24. The van der Waals surface area contributed by atoms with Crippen molar-refractivity contribution in [2.24, 2.45) is 0 Å². The number of aromatic nitrogens is 4. The van der Waals surface area contributed by atoms with Crippen LogP contribution in [0, 0.1) is 20.8 Å². The maximum atomic E-state index is 12.7. The van der Waals surface area contributed by atoms with E-state index in [1.165, 1.54) is 28.2 Å². The van der Waals surface area contributed by atoms with Gasteiger partial charge < -0.3 is 10.1 Å². The molecule has 0 spiro atoms. The van der Waals surface area contributed by atoms with E-state index in [1.807, 2.05) is 20.8 Å². The van der Waals surface area contributed by atoms with Crippen molar-refractivity contribution in [2.45, 2.75) is 43.0 Å². The van der Waals surface area contributed by atoms with Crippen molar-refractivity contribution in [1.29, 1.82) is 0 Å². The van der Waals surface area contributed by atoms with E-state index in [4.69, 9.17) is 4.74 Å². The Morgan fingerprint density at radius 3 is 2.45 bits per heavy atom. The number of nitrogens with zero attached hydrogens (tertiary/aromatic N) is 5. The minimum atomic E-state index is -3.58. The molecule has 33 heavy (non-hydrogen) atoms. The minimum absolute atomic E-state index is 0.187. The van der Waals surface area contributed by atoms with Gasteiger partial charge in [-0.3, -0.25) is 4.79 Å². The molecule has 1 N–H and O–H groups in total. The number of amides is 1. The Kier molecular flexibility index (Phi) is 6.71. The second-order valence-electron chi connectivity index (χ2n) is 7.80. The Hall–Kier alpha value is -2.54. The van der Waals surface area contributed by atoms with E-state index in [9.17, 15) is 13.2 Å². The second kappa shape index (κ2) is 9.37. The summed E-state index contributed by atoms with van der Waals surface area (Å²) < 4.78 is 33.8. The molecular formula is C21H26N6O4S2. The summed E-state index contributed by atoms with van der Waals surface area (Å²) in [5.41, 5.74) is 3.42. The fourth-order valence-corrected chi connectivity index (χ4v) is 5.54. The Labute approximate surface area is 196 Å². The SMILES string of the molecule is Cc1nc2nc(SC(C)C(=O)Nc3ccc(S(=O)(=O)N4CCOCC4)cc3)nn2c(C)c1C. The lowest BCUT2D eigenvalue weighted by Crippen LogP contribution is -2.40. The summed E-state index contributed by atoms with van der Waals surface area (Å²) in [4.78, 5) is 21.8. The zero-order valence-electron chi connectivity index (χ0n) is 18.9. The summed E-state index contributed by atoms with van der Waals surface area (Å²) in [5.74, 6) is 0.266. The van der Waals surface area contributed by atoms with Crippen LogP contribution < -0.4 is 5.32 Å². The molecule has 1 aromatic carbocycles. The van der Waals surface area contributed by atoms with Crippen LogP contribution in [0.4, 0.5) is 5.69 Å². The molecule has 176 valence electrons. The Balaban J connectivity index is 1.42. The van der Waals surface area contributed by atoms with Gasteiger partial charge in [0.05, 0.1) is 23.4 Å². The summed E-state index contributed by atoms with van der Waals surface area (Å²) in [7, 11) is -3.58. The number of sulfonamides is 1. The van der Waals surface area contributed by atoms with Gasteiger partial charge in [0.25, 0.3) is 5.78 Å². The number of nitrogens with one attached hydrogen (secondary N) is 1. The molecule has 1 fully saturated rings. The smallest absolute Gasteiger partial charge is 0.253 e. The van der Waals surface area contributed by atoms with Gasteiger partial charge >= 0.3 is 0 Å². The predicted octanol–water partition coefficient (Wildman–Crippen LogP) is 2.19. The van der Waals surface area contributed by atoms with Gasteiger partial charge in [0.1, 0.15) is 0 Å². The van der Waals surface area contributed by atoms with E-state index in [2.05, 4.69) is 20.4 Å². The van der Waals surface area contributed by atoms with Crippen molar-refractivity contribution in [3.05, 3.63) is 41.2 Å². The van der Waals surface area contributed by atoms with Crippen LogP contribution in [-0.4, -0.2) is 69.8 Å². The fraction of sp³-hybridized carbons (Fsp3) is 0.429. The molecule has 3 heterocycles. The van der Waals surface area contributed by atoms with Gasteiger partial charge in [-0.05, 0) is 57.5 Å². The number of aryl methyl sites for hydroxylation is 2. The van der Waals surface area contributed by atoms with E-state index >= 15 is 0 Å². The third-order valence-electron chi connectivity index (χ3n) is 5.62. The van der Waals surface area contributed by atoms with Gasteiger partial charge in [-0.2, -0.15) is 9.29 Å². The number of benzene rings is 1. The number of hydrogen-bond donors (Lipinski definition) is 1. The van der Waals surface area contributed by atoms with Crippen molar-refractivity contribution in [3.63, 3.8) is 0 Å². The van der Waals surface area contributed by atoms with Crippen LogP contribution in [0.2, 0.25) is 0 Å². The van der Waals surface area contributed by atoms with E-state index in [1.54, 1.807) is 23.6 Å². The third kappa shape index (κ3) is 4.88. The first-order valence-corrected chi connectivity index (χ1v) is 12.8. The molecule has 0 radical (unpaired) electrons. The number of hydrogen-bond acceptors (Lipinski definition) is 8. The van der Waals surface area contributed by atoms with Gasteiger partial charge in [0, 0.05) is 30.2 Å². The molecule has 0 bridgehead atoms. The monoisotopic (exact) mass is 490 g/mol. The first kappa shape index (κ1) is 23.6. The molecule has 1 unspecified atom stereocenters. The van der Waals surface area contributed by atoms with E-state index in [0.29, 0.717) is 42.9 Å². The van der Waals surface area contributed by atoms with Crippen LogP contribution in [0.3, 0.4) is 0 Å². The third-order valence-corrected chi connectivity index (χ3v) is 8.49. The highest BCUT2D eigenvalue weighted by Gasteiger charge is 2.26. The first-order valence-electron chi connectivity index (χ1n) is 10.5. The molecular weight excluding hydrogens is 464 g/mol. The standard InChI is InChI=1S/C21H26N6O4S2/c1-13-14(2)22-20-24-21(25-27(20)15(13)3)32-16(4)19(28)23-17-5-7-18(8-6-17)33(29,30)26-9-11-31-12-10-26/h5-8,16H,9-12H2,1-4H3,(H,23,28). The number of thioether (sulfide) groups is 1. The number of anilines is 1. The molecule has 0 aliphatic carbocycles. The van der Waals surface area contributed by atoms with Crippen LogP contribution in [-0.2, 0) is 19.6 Å². The van der Waals surface area contributed by atoms with E-state index in [0.717, 1.165) is 17.0 Å². The zero-order valence-corrected chi connectivity index (χ0v) is 20.5. The summed E-state index contributed by atoms with van der Waals surface area (Å²) in [6.07, 6.45) is 0. The summed E-state index contributed by atoms with van der Waals surface area (Å²) in [6, 6.07) is 6.18. The number of rotatable bonds is 6. The number of ether oxygens (including phenoxy) is 1. The molecule has 4 rings (SSSR count). The van der Waals surface area contributed by atoms with Crippen molar-refractivity contribution in [3.8, 4) is 0 Å². The molecule has 2 aromatic heterocycles. The lowest BCUT2D eigenvalue weighted by molar-refractivity contribution is -0.115. The average molecular weight is 491 g/mol. The topological polar surface area (TPSA) is 119 Å². The lowest BCUT2D eigenvalue weighted by Gasteiger charge is -2.26. The maximum Gasteiger partial charge on any atom is 0.253 e. The summed E-state index contributed by atoms with van der Waals surface area (Å²) >= 11 is 1.23.